The number of phenols is 1. The van der Waals surface area contributed by atoms with E-state index < -0.39 is 0 Å². The number of rotatable bonds is 4. The summed E-state index contributed by atoms with van der Waals surface area (Å²) in [6.45, 7) is 2.25. The first kappa shape index (κ1) is 13.7. The summed E-state index contributed by atoms with van der Waals surface area (Å²) < 4.78 is 0. The molecule has 3 heteroatoms. The first-order valence-corrected chi connectivity index (χ1v) is 8.20. The van der Waals surface area contributed by atoms with Crippen molar-refractivity contribution in [3.05, 3.63) is 51.7 Å². The second kappa shape index (κ2) is 5.98. The van der Waals surface area contributed by atoms with Crippen LogP contribution in [0.2, 0.25) is 0 Å². The van der Waals surface area contributed by atoms with Gasteiger partial charge in [-0.05, 0) is 67.3 Å². The maximum atomic E-state index is 9.72. The van der Waals surface area contributed by atoms with Gasteiger partial charge in [-0.1, -0.05) is 12.1 Å². The van der Waals surface area contributed by atoms with Crippen LogP contribution in [0.15, 0.2) is 35.7 Å². The van der Waals surface area contributed by atoms with Crippen molar-refractivity contribution < 1.29 is 5.11 Å². The Morgan fingerprint density at radius 2 is 2.30 bits per heavy atom. The maximum absolute atomic E-state index is 9.72. The Kier molecular flexibility index (Phi) is 4.08. The summed E-state index contributed by atoms with van der Waals surface area (Å²) >= 11 is 1.82. The zero-order chi connectivity index (χ0) is 13.9. The van der Waals surface area contributed by atoms with Gasteiger partial charge in [-0.2, -0.15) is 0 Å². The molecule has 0 spiro atoms. The van der Waals surface area contributed by atoms with Crippen LogP contribution in [0.25, 0.3) is 0 Å². The molecule has 2 atom stereocenters. The molecule has 0 radical (unpaired) electrons. The Morgan fingerprint density at radius 3 is 3.10 bits per heavy atom. The molecular weight excluding hydrogens is 266 g/mol. The van der Waals surface area contributed by atoms with Crippen LogP contribution in [0.3, 0.4) is 0 Å². The van der Waals surface area contributed by atoms with E-state index in [2.05, 4.69) is 35.8 Å². The predicted molar refractivity (Wildman–Crippen MR) is 84.4 cm³/mol. The lowest BCUT2D eigenvalue weighted by Crippen LogP contribution is -2.33. The number of fused-ring (bicyclic) bond motifs is 1. The minimum Gasteiger partial charge on any atom is -0.508 e. The standard InChI is InChI=1S/C17H21NOS/c1-12(10-15-5-3-9-20-15)18-17-6-2-4-13-7-8-14(19)11-16(13)17/h3,5,7-9,11-12,17-19H,2,4,6,10H2,1H3. The summed E-state index contributed by atoms with van der Waals surface area (Å²) in [7, 11) is 0. The van der Waals surface area contributed by atoms with Crippen LogP contribution in [0.4, 0.5) is 0 Å². The molecule has 0 saturated carbocycles. The Hall–Kier alpha value is -1.32. The second-order valence-corrected chi connectivity index (χ2v) is 6.71. The van der Waals surface area contributed by atoms with Crippen LogP contribution in [-0.4, -0.2) is 11.1 Å². The molecular formula is C17H21NOS. The fourth-order valence-electron chi connectivity index (χ4n) is 3.09. The number of thiophene rings is 1. The van der Waals surface area contributed by atoms with Crippen molar-refractivity contribution in [3.63, 3.8) is 0 Å². The van der Waals surface area contributed by atoms with Gasteiger partial charge in [0.05, 0.1) is 0 Å². The highest BCUT2D eigenvalue weighted by molar-refractivity contribution is 7.09. The average Bonchev–Trinajstić information content (AvgIpc) is 2.92. The van der Waals surface area contributed by atoms with Gasteiger partial charge in [0.15, 0.2) is 0 Å². The molecule has 1 aliphatic carbocycles. The van der Waals surface area contributed by atoms with Gasteiger partial charge in [0.1, 0.15) is 5.75 Å². The third kappa shape index (κ3) is 3.05. The number of nitrogens with one attached hydrogen (secondary N) is 1. The maximum Gasteiger partial charge on any atom is 0.115 e. The molecule has 1 aliphatic rings. The van der Waals surface area contributed by atoms with E-state index in [1.165, 1.54) is 22.4 Å². The molecule has 1 aromatic heterocycles. The van der Waals surface area contributed by atoms with E-state index in [-0.39, 0.29) is 0 Å². The lowest BCUT2D eigenvalue weighted by atomic mass is 9.87. The molecule has 0 amide bonds. The van der Waals surface area contributed by atoms with Crippen LogP contribution >= 0.6 is 11.3 Å². The first-order valence-electron chi connectivity index (χ1n) is 7.32. The largest absolute Gasteiger partial charge is 0.508 e. The molecule has 2 unspecified atom stereocenters. The highest BCUT2D eigenvalue weighted by Gasteiger charge is 2.22. The normalized spacial score (nSPS) is 19.6. The van der Waals surface area contributed by atoms with E-state index in [0.717, 1.165) is 19.3 Å². The first-order chi connectivity index (χ1) is 9.72. The number of hydrogen-bond donors (Lipinski definition) is 2. The summed E-state index contributed by atoms with van der Waals surface area (Å²) in [4.78, 5) is 1.43. The van der Waals surface area contributed by atoms with Crippen molar-refractivity contribution in [1.82, 2.24) is 5.32 Å². The minimum atomic E-state index is 0.376. The number of benzene rings is 1. The van der Waals surface area contributed by atoms with E-state index >= 15 is 0 Å². The van der Waals surface area contributed by atoms with E-state index in [4.69, 9.17) is 0 Å². The van der Waals surface area contributed by atoms with Crippen molar-refractivity contribution in [2.24, 2.45) is 0 Å². The summed E-state index contributed by atoms with van der Waals surface area (Å²) in [6, 6.07) is 10.9. The molecule has 2 aromatic rings. The Bertz CT molecular complexity index is 564. The molecule has 0 fully saturated rings. The van der Waals surface area contributed by atoms with Crippen molar-refractivity contribution in [3.8, 4) is 5.75 Å². The monoisotopic (exact) mass is 287 g/mol. The van der Waals surface area contributed by atoms with E-state index in [0.29, 0.717) is 17.8 Å². The number of aryl methyl sites for hydroxylation is 1. The van der Waals surface area contributed by atoms with Gasteiger partial charge in [-0.3, -0.25) is 0 Å². The van der Waals surface area contributed by atoms with Gasteiger partial charge in [-0.15, -0.1) is 11.3 Å². The van der Waals surface area contributed by atoms with E-state index in [1.807, 2.05) is 17.4 Å². The Morgan fingerprint density at radius 1 is 1.40 bits per heavy atom. The molecule has 1 aromatic carbocycles. The van der Waals surface area contributed by atoms with Crippen molar-refractivity contribution >= 4 is 11.3 Å². The van der Waals surface area contributed by atoms with Crippen LogP contribution in [0.5, 0.6) is 5.75 Å². The highest BCUT2D eigenvalue weighted by atomic mass is 32.1. The lowest BCUT2D eigenvalue weighted by Gasteiger charge is -2.29. The van der Waals surface area contributed by atoms with Crippen molar-refractivity contribution in [2.75, 3.05) is 0 Å². The molecule has 1 heterocycles. The Balaban J connectivity index is 1.71. The van der Waals surface area contributed by atoms with Crippen LogP contribution in [-0.2, 0) is 12.8 Å². The molecule has 2 nitrogen and oxygen atoms in total. The minimum absolute atomic E-state index is 0.376. The molecule has 106 valence electrons. The van der Waals surface area contributed by atoms with Gasteiger partial charge in [0, 0.05) is 17.0 Å². The Labute approximate surface area is 124 Å². The van der Waals surface area contributed by atoms with Crippen LogP contribution in [0, 0.1) is 0 Å². The third-order valence-corrected chi connectivity index (χ3v) is 4.92. The average molecular weight is 287 g/mol. The molecule has 20 heavy (non-hydrogen) atoms. The summed E-state index contributed by atoms with van der Waals surface area (Å²) in [5, 5.41) is 15.6. The fourth-order valence-corrected chi connectivity index (χ4v) is 3.93. The third-order valence-electron chi connectivity index (χ3n) is 4.02. The van der Waals surface area contributed by atoms with Crippen molar-refractivity contribution in [1.29, 1.82) is 0 Å². The van der Waals surface area contributed by atoms with E-state index in [9.17, 15) is 5.11 Å². The summed E-state index contributed by atoms with van der Waals surface area (Å²) in [5.41, 5.74) is 2.67. The zero-order valence-electron chi connectivity index (χ0n) is 11.8. The number of hydrogen-bond acceptors (Lipinski definition) is 3. The number of phenolic OH excluding ortho intramolecular Hbond substituents is 1. The summed E-state index contributed by atoms with van der Waals surface area (Å²) in [6.07, 6.45) is 4.59. The van der Waals surface area contributed by atoms with Gasteiger partial charge < -0.3 is 10.4 Å². The lowest BCUT2D eigenvalue weighted by molar-refractivity contribution is 0.404. The summed E-state index contributed by atoms with van der Waals surface area (Å²) in [5.74, 6) is 0.378. The van der Waals surface area contributed by atoms with Crippen molar-refractivity contribution in [2.45, 2.75) is 44.7 Å². The quantitative estimate of drug-likeness (QED) is 0.889. The highest BCUT2D eigenvalue weighted by Crippen LogP contribution is 2.32. The van der Waals surface area contributed by atoms with Gasteiger partial charge >= 0.3 is 0 Å². The van der Waals surface area contributed by atoms with Crippen LogP contribution < -0.4 is 5.32 Å². The van der Waals surface area contributed by atoms with Gasteiger partial charge in [-0.25, -0.2) is 0 Å². The number of aromatic hydroxyl groups is 1. The zero-order valence-corrected chi connectivity index (χ0v) is 12.6. The topological polar surface area (TPSA) is 32.3 Å². The van der Waals surface area contributed by atoms with E-state index in [1.54, 1.807) is 6.07 Å². The smallest absolute Gasteiger partial charge is 0.115 e. The molecule has 0 aliphatic heterocycles. The molecule has 0 bridgehead atoms. The predicted octanol–water partition coefficient (Wildman–Crippen LogP) is 4.05. The molecule has 3 rings (SSSR count). The molecule has 2 N–H and O–H groups in total. The van der Waals surface area contributed by atoms with Gasteiger partial charge in [0.2, 0.25) is 0 Å². The SMILES string of the molecule is CC(Cc1cccs1)NC1CCCc2ccc(O)cc21. The second-order valence-electron chi connectivity index (χ2n) is 5.68. The fraction of sp³-hybridized carbons (Fsp3) is 0.412. The van der Waals surface area contributed by atoms with Crippen LogP contribution in [0.1, 0.15) is 41.8 Å². The van der Waals surface area contributed by atoms with Gasteiger partial charge in [0.25, 0.3) is 0 Å². The molecule has 0 saturated heterocycles.